The first-order valence-corrected chi connectivity index (χ1v) is 11.3. The molecule has 32 heavy (non-hydrogen) atoms. The van der Waals surface area contributed by atoms with Crippen molar-refractivity contribution in [1.82, 2.24) is 29.5 Å². The van der Waals surface area contributed by atoms with Crippen molar-refractivity contribution in [3.05, 3.63) is 48.3 Å². The molecule has 0 aliphatic carbocycles. The van der Waals surface area contributed by atoms with E-state index in [4.69, 9.17) is 10.8 Å². The molecule has 0 bridgehead atoms. The molecule has 1 saturated heterocycles. The largest absolute Gasteiger partial charge is 0.383 e. The normalized spacial score (nSPS) is 18.8. The van der Waals surface area contributed by atoms with E-state index >= 15 is 0 Å². The summed E-state index contributed by atoms with van der Waals surface area (Å²) >= 11 is 0. The highest BCUT2D eigenvalue weighted by atomic mass is 16.2. The third kappa shape index (κ3) is 3.54. The molecule has 0 unspecified atom stereocenters. The van der Waals surface area contributed by atoms with Gasteiger partial charge in [-0.2, -0.15) is 5.10 Å². The van der Waals surface area contributed by atoms with Crippen molar-refractivity contribution >= 4 is 22.8 Å². The van der Waals surface area contributed by atoms with Crippen molar-refractivity contribution in [3.63, 3.8) is 0 Å². The average Bonchev–Trinajstić information content (AvgIpc) is 3.40. The van der Waals surface area contributed by atoms with Crippen molar-refractivity contribution < 1.29 is 4.79 Å². The lowest BCUT2D eigenvalue weighted by atomic mass is 10.0. The Hall–Kier alpha value is -3.26. The van der Waals surface area contributed by atoms with Gasteiger partial charge in [0.2, 0.25) is 5.91 Å². The Balaban J connectivity index is 1.55. The average molecular weight is 432 g/mol. The molecule has 2 aliphatic rings. The molecule has 2 N–H and O–H groups in total. The second-order valence-electron chi connectivity index (χ2n) is 8.73. The Morgan fingerprint density at radius 3 is 2.94 bits per heavy atom. The fraction of sp³-hybridized carbons (Fsp3) is 0.417. The number of fused-ring (bicyclic) bond motifs is 2. The number of aromatic nitrogens is 4. The Kier molecular flexibility index (Phi) is 5.38. The van der Waals surface area contributed by atoms with Crippen molar-refractivity contribution in [2.45, 2.75) is 45.3 Å². The fourth-order valence-corrected chi connectivity index (χ4v) is 5.02. The third-order valence-electron chi connectivity index (χ3n) is 6.55. The number of nitrogens with zero attached hydrogens (tertiary/aromatic N) is 6. The van der Waals surface area contributed by atoms with Gasteiger partial charge in [0, 0.05) is 31.7 Å². The monoisotopic (exact) mass is 431 g/mol. The number of nitrogen functional groups attached to an aromatic ring is 1. The summed E-state index contributed by atoms with van der Waals surface area (Å²) in [7, 11) is 0. The first-order valence-electron chi connectivity index (χ1n) is 11.3. The number of anilines is 1. The topological polar surface area (TPSA) is 93.2 Å². The molecule has 0 radical (unpaired) electrons. The Morgan fingerprint density at radius 2 is 2.12 bits per heavy atom. The van der Waals surface area contributed by atoms with Crippen LogP contribution in [-0.4, -0.2) is 55.1 Å². The number of hydrogen-bond donors (Lipinski definition) is 1. The second-order valence-corrected chi connectivity index (χ2v) is 8.73. The Morgan fingerprint density at radius 1 is 1.28 bits per heavy atom. The number of rotatable bonds is 5. The summed E-state index contributed by atoms with van der Waals surface area (Å²) in [6, 6.07) is 6.60. The predicted molar refractivity (Wildman–Crippen MR) is 125 cm³/mol. The van der Waals surface area contributed by atoms with E-state index in [1.165, 1.54) is 23.5 Å². The van der Waals surface area contributed by atoms with Crippen LogP contribution in [0.2, 0.25) is 0 Å². The van der Waals surface area contributed by atoms with E-state index in [-0.39, 0.29) is 11.9 Å². The zero-order chi connectivity index (χ0) is 22.2. The van der Waals surface area contributed by atoms with E-state index in [1.54, 1.807) is 0 Å². The molecule has 1 amide bonds. The molecule has 1 atom stereocenters. The van der Waals surface area contributed by atoms with E-state index < -0.39 is 0 Å². The van der Waals surface area contributed by atoms with E-state index in [1.807, 2.05) is 9.58 Å². The number of carbonyl (C=O) groups excluding carboxylic acids is 1. The van der Waals surface area contributed by atoms with Gasteiger partial charge in [-0.3, -0.25) is 9.69 Å². The van der Waals surface area contributed by atoms with Crippen LogP contribution in [0.4, 0.5) is 5.82 Å². The smallest absolute Gasteiger partial charge is 0.246 e. The van der Waals surface area contributed by atoms with Crippen LogP contribution in [0.25, 0.3) is 22.3 Å². The van der Waals surface area contributed by atoms with Crippen LogP contribution in [0.15, 0.2) is 37.2 Å². The summed E-state index contributed by atoms with van der Waals surface area (Å²) in [5.41, 5.74) is 11.6. The number of likely N-dealkylation sites (tertiary alicyclic amines) is 1. The van der Waals surface area contributed by atoms with E-state index in [2.05, 4.69) is 46.6 Å². The fourth-order valence-electron chi connectivity index (χ4n) is 5.02. The molecule has 1 aromatic carbocycles. The van der Waals surface area contributed by atoms with Crippen LogP contribution < -0.4 is 5.73 Å². The number of carbonyl (C=O) groups is 1. The highest BCUT2D eigenvalue weighted by Crippen LogP contribution is 2.35. The molecule has 4 heterocycles. The molecule has 5 rings (SSSR count). The maximum atomic E-state index is 12.2. The molecular formula is C24H29N7O. The van der Waals surface area contributed by atoms with Crippen LogP contribution in [0.3, 0.4) is 0 Å². The van der Waals surface area contributed by atoms with E-state index in [0.717, 1.165) is 67.7 Å². The van der Waals surface area contributed by atoms with Gasteiger partial charge in [-0.1, -0.05) is 25.6 Å². The van der Waals surface area contributed by atoms with Crippen LogP contribution in [0, 0.1) is 0 Å². The summed E-state index contributed by atoms with van der Waals surface area (Å²) in [4.78, 5) is 25.3. The van der Waals surface area contributed by atoms with E-state index in [9.17, 15) is 4.79 Å². The van der Waals surface area contributed by atoms with Crippen LogP contribution in [0.1, 0.15) is 43.4 Å². The summed E-state index contributed by atoms with van der Waals surface area (Å²) in [5.74, 6) is 0.384. The van der Waals surface area contributed by atoms with Gasteiger partial charge in [-0.25, -0.2) is 14.6 Å². The predicted octanol–water partition coefficient (Wildman–Crippen LogP) is 3.15. The van der Waals surface area contributed by atoms with Gasteiger partial charge in [0.05, 0.1) is 11.4 Å². The number of piperidine rings is 1. The van der Waals surface area contributed by atoms with Crippen molar-refractivity contribution in [3.8, 4) is 11.3 Å². The maximum absolute atomic E-state index is 12.2. The summed E-state index contributed by atoms with van der Waals surface area (Å²) in [6.45, 7) is 10.2. The van der Waals surface area contributed by atoms with Gasteiger partial charge in [-0.15, -0.1) is 0 Å². The maximum Gasteiger partial charge on any atom is 0.246 e. The van der Waals surface area contributed by atoms with Gasteiger partial charge in [0.1, 0.15) is 17.8 Å². The number of hydrogen-bond acceptors (Lipinski definition) is 6. The number of nitrogens with two attached hydrogens (primary N) is 1. The van der Waals surface area contributed by atoms with Crippen LogP contribution >= 0.6 is 0 Å². The SMILES string of the molecule is C=CC(=O)N1CCC[C@@H](n2nc(-c3ccc4c(c3)CN(CCC)C4)c3c(N)ncnc32)C1. The van der Waals surface area contributed by atoms with Gasteiger partial charge < -0.3 is 10.6 Å². The van der Waals surface area contributed by atoms with Crippen molar-refractivity contribution in [1.29, 1.82) is 0 Å². The number of amides is 1. The first kappa shape index (κ1) is 20.6. The molecule has 2 aliphatic heterocycles. The molecular weight excluding hydrogens is 402 g/mol. The first-order chi connectivity index (χ1) is 15.6. The lowest BCUT2D eigenvalue weighted by Crippen LogP contribution is -2.40. The summed E-state index contributed by atoms with van der Waals surface area (Å²) in [6.07, 6.45) is 5.85. The minimum absolute atomic E-state index is 0.0349. The minimum atomic E-state index is -0.0456. The molecule has 2 aromatic heterocycles. The Labute approximate surface area is 187 Å². The molecule has 0 spiro atoms. The lowest BCUT2D eigenvalue weighted by Gasteiger charge is -2.32. The molecule has 0 saturated carbocycles. The molecule has 8 nitrogen and oxygen atoms in total. The minimum Gasteiger partial charge on any atom is -0.383 e. The van der Waals surface area contributed by atoms with Crippen LogP contribution in [0.5, 0.6) is 0 Å². The standard InChI is InChI=1S/C24H29N7O/c1-3-9-29-12-17-8-7-16(11-18(17)13-29)22-21-23(25)26-15-27-24(21)31(28-22)19-6-5-10-30(14-19)20(32)4-2/h4,7-8,11,15,19H,2-3,5-6,9-10,12-14H2,1H3,(H2,25,26,27)/t19-/m1/s1. The van der Waals surface area contributed by atoms with Crippen molar-refractivity contribution in [2.75, 3.05) is 25.4 Å². The highest BCUT2D eigenvalue weighted by molar-refractivity contribution is 5.98. The molecule has 8 heteroatoms. The van der Waals surface area contributed by atoms with Gasteiger partial charge >= 0.3 is 0 Å². The van der Waals surface area contributed by atoms with Gasteiger partial charge in [0.25, 0.3) is 0 Å². The Bertz CT molecular complexity index is 1180. The molecule has 1 fully saturated rings. The lowest BCUT2D eigenvalue weighted by molar-refractivity contribution is -0.127. The number of benzene rings is 1. The highest BCUT2D eigenvalue weighted by Gasteiger charge is 2.28. The second kappa shape index (κ2) is 8.35. The summed E-state index contributed by atoms with van der Waals surface area (Å²) < 4.78 is 1.95. The zero-order valence-corrected chi connectivity index (χ0v) is 18.5. The summed E-state index contributed by atoms with van der Waals surface area (Å²) in [5, 5.41) is 5.78. The molecule has 166 valence electrons. The van der Waals surface area contributed by atoms with Crippen LogP contribution in [-0.2, 0) is 17.9 Å². The quantitative estimate of drug-likeness (QED) is 0.624. The molecule has 3 aromatic rings. The van der Waals surface area contributed by atoms with Gasteiger partial charge in [0.15, 0.2) is 5.65 Å². The zero-order valence-electron chi connectivity index (χ0n) is 18.5. The van der Waals surface area contributed by atoms with Gasteiger partial charge in [-0.05, 0) is 49.1 Å². The van der Waals surface area contributed by atoms with Crippen molar-refractivity contribution in [2.24, 2.45) is 0 Å². The third-order valence-corrected chi connectivity index (χ3v) is 6.55. The van der Waals surface area contributed by atoms with E-state index in [0.29, 0.717) is 12.4 Å².